The van der Waals surface area contributed by atoms with Crippen LogP contribution in [0.15, 0.2) is 63.9 Å². The minimum absolute atomic E-state index is 0.167. The average molecular weight is 350 g/mol. The third-order valence-corrected chi connectivity index (χ3v) is 5.00. The van der Waals surface area contributed by atoms with Crippen molar-refractivity contribution in [3.63, 3.8) is 0 Å². The first-order chi connectivity index (χ1) is 12.2. The van der Waals surface area contributed by atoms with Crippen molar-refractivity contribution in [3.05, 3.63) is 86.3 Å². The zero-order chi connectivity index (χ0) is 17.4. The number of hydrogen-bond acceptors (Lipinski definition) is 5. The van der Waals surface area contributed by atoms with Crippen LogP contribution in [0.25, 0.3) is 16.0 Å². The van der Waals surface area contributed by atoms with E-state index in [1.54, 1.807) is 36.8 Å². The van der Waals surface area contributed by atoms with Gasteiger partial charge in [0.15, 0.2) is 5.65 Å². The summed E-state index contributed by atoms with van der Waals surface area (Å²) in [5, 5.41) is 3.11. The zero-order valence-corrected chi connectivity index (χ0v) is 14.2. The number of fused-ring (bicyclic) bond motifs is 1. The van der Waals surface area contributed by atoms with E-state index in [4.69, 9.17) is 0 Å². The summed E-state index contributed by atoms with van der Waals surface area (Å²) in [7, 11) is 0. The molecular formula is C18H14N4O2S. The molecule has 0 radical (unpaired) electrons. The molecule has 0 bridgehead atoms. The zero-order valence-electron chi connectivity index (χ0n) is 13.4. The van der Waals surface area contributed by atoms with Gasteiger partial charge >= 0.3 is 5.69 Å². The van der Waals surface area contributed by atoms with Crippen molar-refractivity contribution >= 4 is 22.4 Å². The van der Waals surface area contributed by atoms with Gasteiger partial charge < -0.3 is 0 Å². The third kappa shape index (κ3) is 2.58. The number of nitrogens with zero attached hydrogens (tertiary/aromatic N) is 4. The van der Waals surface area contributed by atoms with Gasteiger partial charge in [0.1, 0.15) is 5.00 Å². The molecule has 4 aromatic heterocycles. The van der Waals surface area contributed by atoms with E-state index in [-0.39, 0.29) is 12.1 Å². The standard InChI is InChI=1S/C18H14N4O2S/c1-12-6-9-25-17(12)22-15-14(5-3-8-20-15)16(23)21(18(22)24)11-13-4-2-7-19-10-13/h2-10H,11H2,1H3. The molecule has 25 heavy (non-hydrogen) atoms. The van der Waals surface area contributed by atoms with Crippen molar-refractivity contribution in [3.8, 4) is 5.00 Å². The fraction of sp³-hybridized carbons (Fsp3) is 0.111. The normalized spacial score (nSPS) is 11.1. The van der Waals surface area contributed by atoms with Gasteiger partial charge in [-0.2, -0.15) is 0 Å². The first-order valence-corrected chi connectivity index (χ1v) is 8.59. The summed E-state index contributed by atoms with van der Waals surface area (Å²) in [6, 6.07) is 8.97. The molecule has 0 aromatic carbocycles. The molecule has 4 aromatic rings. The Morgan fingerprint density at radius 1 is 1.12 bits per heavy atom. The van der Waals surface area contributed by atoms with Gasteiger partial charge in [0, 0.05) is 18.6 Å². The summed E-state index contributed by atoms with van der Waals surface area (Å²) in [4.78, 5) is 34.3. The molecule has 0 aliphatic carbocycles. The maximum Gasteiger partial charge on any atom is 0.338 e. The molecule has 0 aliphatic heterocycles. The third-order valence-electron chi connectivity index (χ3n) is 4.00. The Hall–Kier alpha value is -3.06. The quantitative estimate of drug-likeness (QED) is 0.569. The van der Waals surface area contributed by atoms with Crippen molar-refractivity contribution in [2.45, 2.75) is 13.5 Å². The molecule has 0 aliphatic rings. The SMILES string of the molecule is Cc1ccsc1-n1c(=O)n(Cc2cccnc2)c(=O)c2cccnc21. The molecule has 0 fully saturated rings. The number of pyridine rings is 2. The van der Waals surface area contributed by atoms with E-state index >= 15 is 0 Å². The van der Waals surface area contributed by atoms with Crippen LogP contribution in [0, 0.1) is 6.92 Å². The minimum Gasteiger partial charge on any atom is -0.268 e. The lowest BCUT2D eigenvalue weighted by Gasteiger charge is -2.12. The second kappa shape index (κ2) is 6.10. The van der Waals surface area contributed by atoms with Gasteiger partial charge in [-0.15, -0.1) is 11.3 Å². The Kier molecular flexibility index (Phi) is 3.77. The van der Waals surface area contributed by atoms with Crippen molar-refractivity contribution in [1.82, 2.24) is 19.1 Å². The van der Waals surface area contributed by atoms with E-state index in [9.17, 15) is 9.59 Å². The van der Waals surface area contributed by atoms with Crippen molar-refractivity contribution in [2.24, 2.45) is 0 Å². The van der Waals surface area contributed by atoms with Crippen molar-refractivity contribution in [1.29, 1.82) is 0 Å². The molecule has 0 atom stereocenters. The van der Waals surface area contributed by atoms with E-state index < -0.39 is 5.69 Å². The Balaban J connectivity index is 2.06. The topological polar surface area (TPSA) is 69.8 Å². The van der Waals surface area contributed by atoms with Gasteiger partial charge in [-0.3, -0.25) is 14.3 Å². The summed E-state index contributed by atoms with van der Waals surface area (Å²) in [5.41, 5.74) is 1.39. The van der Waals surface area contributed by atoms with E-state index in [1.807, 2.05) is 24.4 Å². The van der Waals surface area contributed by atoms with E-state index in [2.05, 4.69) is 9.97 Å². The number of hydrogen-bond donors (Lipinski definition) is 0. The van der Waals surface area contributed by atoms with Crippen LogP contribution in [0.4, 0.5) is 0 Å². The smallest absolute Gasteiger partial charge is 0.268 e. The van der Waals surface area contributed by atoms with Gasteiger partial charge in [-0.05, 0) is 47.7 Å². The highest BCUT2D eigenvalue weighted by atomic mass is 32.1. The van der Waals surface area contributed by atoms with Crippen LogP contribution in [0.5, 0.6) is 0 Å². The van der Waals surface area contributed by atoms with Crippen LogP contribution >= 0.6 is 11.3 Å². The van der Waals surface area contributed by atoms with Crippen LogP contribution in [0.2, 0.25) is 0 Å². The second-order valence-corrected chi connectivity index (χ2v) is 6.55. The fourth-order valence-corrected chi connectivity index (χ4v) is 3.70. The monoisotopic (exact) mass is 350 g/mol. The summed E-state index contributed by atoms with van der Waals surface area (Å²) < 4.78 is 2.76. The predicted octanol–water partition coefficient (Wildman–Crippen LogP) is 2.36. The molecule has 0 saturated heterocycles. The van der Waals surface area contributed by atoms with Crippen molar-refractivity contribution < 1.29 is 0 Å². The lowest BCUT2D eigenvalue weighted by molar-refractivity contribution is 0.683. The van der Waals surface area contributed by atoms with Gasteiger partial charge in [0.25, 0.3) is 5.56 Å². The molecule has 124 valence electrons. The van der Waals surface area contributed by atoms with Crippen LogP contribution in [-0.4, -0.2) is 19.1 Å². The molecule has 0 saturated carbocycles. The van der Waals surface area contributed by atoms with E-state index in [1.165, 1.54) is 20.5 Å². The van der Waals surface area contributed by atoms with Crippen LogP contribution in [0.3, 0.4) is 0 Å². The Bertz CT molecular complexity index is 1180. The molecule has 4 heterocycles. The summed E-state index contributed by atoms with van der Waals surface area (Å²) in [6.45, 7) is 2.10. The van der Waals surface area contributed by atoms with E-state index in [0.717, 1.165) is 16.1 Å². The summed E-state index contributed by atoms with van der Waals surface area (Å²) >= 11 is 1.45. The highest BCUT2D eigenvalue weighted by Crippen LogP contribution is 2.21. The van der Waals surface area contributed by atoms with Crippen LogP contribution < -0.4 is 11.2 Å². The van der Waals surface area contributed by atoms with Gasteiger partial charge in [-0.25, -0.2) is 14.3 Å². The van der Waals surface area contributed by atoms with Gasteiger partial charge in [0.2, 0.25) is 0 Å². The lowest BCUT2D eigenvalue weighted by atomic mass is 10.2. The van der Waals surface area contributed by atoms with Crippen LogP contribution in [0.1, 0.15) is 11.1 Å². The largest absolute Gasteiger partial charge is 0.338 e. The second-order valence-electron chi connectivity index (χ2n) is 5.65. The summed E-state index contributed by atoms with van der Waals surface area (Å²) in [6.07, 6.45) is 4.90. The van der Waals surface area contributed by atoms with Gasteiger partial charge in [0.05, 0.1) is 11.9 Å². The Morgan fingerprint density at radius 3 is 2.68 bits per heavy atom. The first kappa shape index (κ1) is 15.5. The number of aromatic nitrogens is 4. The maximum absolute atomic E-state index is 13.1. The van der Waals surface area contributed by atoms with Gasteiger partial charge in [-0.1, -0.05) is 6.07 Å². The number of rotatable bonds is 3. The van der Waals surface area contributed by atoms with E-state index in [0.29, 0.717) is 11.0 Å². The number of thiophene rings is 1. The molecule has 0 spiro atoms. The molecule has 0 unspecified atom stereocenters. The molecule has 6 nitrogen and oxygen atoms in total. The fourth-order valence-electron chi connectivity index (χ4n) is 2.78. The highest BCUT2D eigenvalue weighted by Gasteiger charge is 2.17. The van der Waals surface area contributed by atoms with Crippen LogP contribution in [-0.2, 0) is 6.54 Å². The first-order valence-electron chi connectivity index (χ1n) is 7.71. The predicted molar refractivity (Wildman–Crippen MR) is 97.6 cm³/mol. The highest BCUT2D eigenvalue weighted by molar-refractivity contribution is 7.12. The molecule has 7 heteroatoms. The molecule has 4 rings (SSSR count). The minimum atomic E-state index is -0.398. The molecular weight excluding hydrogens is 336 g/mol. The lowest BCUT2D eigenvalue weighted by Crippen LogP contribution is -2.40. The maximum atomic E-state index is 13.1. The Labute approximate surface area is 146 Å². The van der Waals surface area contributed by atoms with Crippen molar-refractivity contribution in [2.75, 3.05) is 0 Å². The Morgan fingerprint density at radius 2 is 1.96 bits per heavy atom. The number of aryl methyl sites for hydroxylation is 1. The average Bonchev–Trinajstić information content (AvgIpc) is 3.05. The summed E-state index contributed by atoms with van der Waals surface area (Å²) in [5.74, 6) is 0. The molecule has 0 N–H and O–H groups in total. The molecule has 0 amide bonds.